The molecule has 0 saturated carbocycles. The van der Waals surface area contributed by atoms with Crippen LogP contribution in [0.5, 0.6) is 0 Å². The third kappa shape index (κ3) is 3.15. The molecule has 0 radical (unpaired) electrons. The summed E-state index contributed by atoms with van der Waals surface area (Å²) in [4.78, 5) is 11.6. The zero-order valence-corrected chi connectivity index (χ0v) is 13.7. The van der Waals surface area contributed by atoms with Gasteiger partial charge in [-0.1, -0.05) is 18.2 Å². The second-order valence-electron chi connectivity index (χ2n) is 5.02. The Hall–Kier alpha value is -2.71. The Balaban J connectivity index is 1.85. The number of hydrogen-bond acceptors (Lipinski definition) is 5. The van der Waals surface area contributed by atoms with E-state index in [0.29, 0.717) is 5.69 Å². The summed E-state index contributed by atoms with van der Waals surface area (Å²) >= 11 is 0. The molecule has 0 saturated heterocycles. The number of aromatic nitrogens is 2. The Labute approximate surface area is 138 Å². The fourth-order valence-electron chi connectivity index (χ4n) is 2.30. The highest BCUT2D eigenvalue weighted by molar-refractivity contribution is 7.89. The Bertz CT molecular complexity index is 962. The lowest BCUT2D eigenvalue weighted by atomic mass is 10.2. The van der Waals surface area contributed by atoms with Crippen molar-refractivity contribution >= 4 is 21.5 Å². The van der Waals surface area contributed by atoms with E-state index in [1.165, 1.54) is 19.2 Å². The Morgan fingerprint density at radius 1 is 1.21 bits per heavy atom. The van der Waals surface area contributed by atoms with Gasteiger partial charge in [-0.3, -0.25) is 0 Å². The fraction of sp³-hybridized carbons (Fsp3) is 0.125. The van der Waals surface area contributed by atoms with Gasteiger partial charge < -0.3 is 4.74 Å². The molecule has 0 spiro atoms. The van der Waals surface area contributed by atoms with Crippen LogP contribution in [0.15, 0.2) is 59.6 Å². The molecule has 3 rings (SSSR count). The molecule has 2 aromatic heterocycles. The highest BCUT2D eigenvalue weighted by atomic mass is 32.2. The van der Waals surface area contributed by atoms with Gasteiger partial charge >= 0.3 is 5.97 Å². The number of nitrogens with one attached hydrogen (secondary N) is 1. The number of methoxy groups -OCH3 is 1. The molecule has 0 fully saturated rings. The van der Waals surface area contributed by atoms with Crippen molar-refractivity contribution < 1.29 is 17.9 Å². The van der Waals surface area contributed by atoms with E-state index in [-0.39, 0.29) is 17.0 Å². The van der Waals surface area contributed by atoms with Crippen molar-refractivity contribution in [2.45, 2.75) is 11.4 Å². The second-order valence-corrected chi connectivity index (χ2v) is 6.75. The smallest absolute Gasteiger partial charge is 0.339 e. The summed E-state index contributed by atoms with van der Waals surface area (Å²) in [5.74, 6) is -0.705. The fourth-order valence-corrected chi connectivity index (χ4v) is 3.50. The topological polar surface area (TPSA) is 89.8 Å². The number of fused-ring (bicyclic) bond motifs is 1. The van der Waals surface area contributed by atoms with Gasteiger partial charge in [0.05, 0.1) is 35.3 Å². The molecular formula is C16H15N3O4S. The molecule has 0 aliphatic heterocycles. The van der Waals surface area contributed by atoms with E-state index in [0.717, 1.165) is 5.52 Å². The number of nitrogens with zero attached hydrogens (tertiary/aromatic N) is 2. The minimum atomic E-state index is -3.88. The van der Waals surface area contributed by atoms with Gasteiger partial charge in [0, 0.05) is 6.20 Å². The third-order valence-corrected chi connectivity index (χ3v) is 4.91. The van der Waals surface area contributed by atoms with Gasteiger partial charge in [0.15, 0.2) is 0 Å². The van der Waals surface area contributed by atoms with Gasteiger partial charge in [0.2, 0.25) is 10.0 Å². The van der Waals surface area contributed by atoms with Crippen LogP contribution < -0.4 is 4.72 Å². The summed E-state index contributed by atoms with van der Waals surface area (Å²) < 4.78 is 33.8. The van der Waals surface area contributed by atoms with E-state index in [1.54, 1.807) is 28.9 Å². The van der Waals surface area contributed by atoms with E-state index in [9.17, 15) is 13.2 Å². The Kier molecular flexibility index (Phi) is 4.32. The van der Waals surface area contributed by atoms with Crippen LogP contribution in [0.1, 0.15) is 16.1 Å². The van der Waals surface area contributed by atoms with Gasteiger partial charge in [0.25, 0.3) is 0 Å². The maximum atomic E-state index is 12.5. The minimum absolute atomic E-state index is 0.0116. The summed E-state index contributed by atoms with van der Waals surface area (Å²) in [6.07, 6.45) is 1.78. The minimum Gasteiger partial charge on any atom is -0.465 e. The van der Waals surface area contributed by atoms with Crippen LogP contribution in [-0.4, -0.2) is 31.1 Å². The SMILES string of the molecule is COC(=O)c1ccccc1S(=O)(=O)NCc1cc2ccccn2n1. The van der Waals surface area contributed by atoms with Gasteiger partial charge in [-0.25, -0.2) is 22.4 Å². The van der Waals surface area contributed by atoms with E-state index in [2.05, 4.69) is 14.6 Å². The zero-order chi connectivity index (χ0) is 17.2. The first-order chi connectivity index (χ1) is 11.5. The predicted molar refractivity (Wildman–Crippen MR) is 87.0 cm³/mol. The molecule has 0 aliphatic rings. The number of esters is 1. The quantitative estimate of drug-likeness (QED) is 0.710. The maximum absolute atomic E-state index is 12.5. The van der Waals surface area contributed by atoms with Crippen LogP contribution in [0.4, 0.5) is 0 Å². The van der Waals surface area contributed by atoms with E-state index < -0.39 is 16.0 Å². The van der Waals surface area contributed by atoms with E-state index >= 15 is 0 Å². The molecule has 124 valence electrons. The van der Waals surface area contributed by atoms with E-state index in [1.807, 2.05) is 18.2 Å². The molecule has 0 unspecified atom stereocenters. The lowest BCUT2D eigenvalue weighted by molar-refractivity contribution is 0.0596. The highest BCUT2D eigenvalue weighted by Gasteiger charge is 2.22. The number of hydrogen-bond donors (Lipinski definition) is 1. The molecule has 0 bridgehead atoms. The molecule has 8 heteroatoms. The van der Waals surface area contributed by atoms with Crippen LogP contribution >= 0.6 is 0 Å². The van der Waals surface area contributed by atoms with Gasteiger partial charge in [-0.15, -0.1) is 0 Å². The number of benzene rings is 1. The molecule has 3 aromatic rings. The molecular weight excluding hydrogens is 330 g/mol. The van der Waals surface area contributed by atoms with Gasteiger partial charge in [0.1, 0.15) is 0 Å². The van der Waals surface area contributed by atoms with Crippen LogP contribution in [0, 0.1) is 0 Å². The number of ether oxygens (including phenoxy) is 1. The first-order valence-electron chi connectivity index (χ1n) is 7.11. The number of sulfonamides is 1. The van der Waals surface area contributed by atoms with Crippen molar-refractivity contribution in [3.05, 3.63) is 66.0 Å². The summed E-state index contributed by atoms with van der Waals surface area (Å²) in [6.45, 7) is 0.0134. The number of carbonyl (C=O) groups excluding carboxylic acids is 1. The van der Waals surface area contributed by atoms with Crippen molar-refractivity contribution in [3.8, 4) is 0 Å². The number of rotatable bonds is 5. The van der Waals surface area contributed by atoms with Gasteiger partial charge in [-0.2, -0.15) is 5.10 Å². The van der Waals surface area contributed by atoms with Crippen molar-refractivity contribution in [3.63, 3.8) is 0 Å². The van der Waals surface area contributed by atoms with Crippen LogP contribution in [-0.2, 0) is 21.3 Å². The summed E-state index contributed by atoms with van der Waals surface area (Å²) in [7, 11) is -2.68. The normalized spacial score (nSPS) is 11.5. The average molecular weight is 345 g/mol. The summed E-state index contributed by atoms with van der Waals surface area (Å²) in [5, 5.41) is 4.28. The standard InChI is InChI=1S/C16H15N3O4S/c1-23-16(20)14-7-2-3-8-15(14)24(21,22)17-11-12-10-13-6-4-5-9-19(13)18-12/h2-10,17H,11H2,1H3. The first-order valence-corrected chi connectivity index (χ1v) is 8.60. The largest absolute Gasteiger partial charge is 0.465 e. The molecule has 0 amide bonds. The molecule has 0 atom stereocenters. The number of pyridine rings is 1. The Morgan fingerprint density at radius 3 is 2.71 bits per heavy atom. The molecule has 7 nitrogen and oxygen atoms in total. The van der Waals surface area contributed by atoms with Crippen LogP contribution in [0.3, 0.4) is 0 Å². The zero-order valence-electron chi connectivity index (χ0n) is 12.8. The summed E-state index contributed by atoms with van der Waals surface area (Å²) in [5.41, 5.74) is 1.42. The summed E-state index contributed by atoms with van der Waals surface area (Å²) in [6, 6.07) is 13.3. The third-order valence-electron chi connectivity index (χ3n) is 3.45. The predicted octanol–water partition coefficient (Wildman–Crippen LogP) is 1.60. The molecule has 1 aromatic carbocycles. The molecule has 0 aliphatic carbocycles. The van der Waals surface area contributed by atoms with Crippen LogP contribution in [0.2, 0.25) is 0 Å². The van der Waals surface area contributed by atoms with Crippen molar-refractivity contribution in [2.24, 2.45) is 0 Å². The average Bonchev–Trinajstić information content (AvgIpc) is 3.02. The van der Waals surface area contributed by atoms with Crippen molar-refractivity contribution in [2.75, 3.05) is 7.11 Å². The maximum Gasteiger partial charge on any atom is 0.339 e. The molecule has 2 heterocycles. The second kappa shape index (κ2) is 6.42. The highest BCUT2D eigenvalue weighted by Crippen LogP contribution is 2.17. The lowest BCUT2D eigenvalue weighted by Crippen LogP contribution is -2.25. The van der Waals surface area contributed by atoms with E-state index in [4.69, 9.17) is 0 Å². The Morgan fingerprint density at radius 2 is 1.96 bits per heavy atom. The van der Waals surface area contributed by atoms with Crippen LogP contribution in [0.25, 0.3) is 5.52 Å². The lowest BCUT2D eigenvalue weighted by Gasteiger charge is -2.09. The number of carbonyl (C=O) groups is 1. The van der Waals surface area contributed by atoms with Crippen molar-refractivity contribution in [1.82, 2.24) is 14.3 Å². The van der Waals surface area contributed by atoms with Crippen molar-refractivity contribution in [1.29, 1.82) is 0 Å². The van der Waals surface area contributed by atoms with Gasteiger partial charge in [-0.05, 0) is 30.3 Å². The molecule has 24 heavy (non-hydrogen) atoms. The monoisotopic (exact) mass is 345 g/mol. The first kappa shape index (κ1) is 16.2. The molecule has 1 N–H and O–H groups in total.